The van der Waals surface area contributed by atoms with Crippen LogP contribution in [0.5, 0.6) is 0 Å². The molecule has 2 N–H and O–H groups in total. The van der Waals surface area contributed by atoms with Gasteiger partial charge < -0.3 is 14.7 Å². The first-order valence-electron chi connectivity index (χ1n) is 10.5. The van der Waals surface area contributed by atoms with Crippen LogP contribution >= 0.6 is 0 Å². The predicted molar refractivity (Wildman–Crippen MR) is 108 cm³/mol. The van der Waals surface area contributed by atoms with Crippen molar-refractivity contribution >= 4 is 5.97 Å². The molecule has 0 radical (unpaired) electrons. The molecule has 0 spiro atoms. The van der Waals surface area contributed by atoms with Gasteiger partial charge in [0.1, 0.15) is 0 Å². The number of carboxylic acid groups (broad SMARTS) is 1. The van der Waals surface area contributed by atoms with Crippen LogP contribution in [0.1, 0.15) is 91.9 Å². The zero-order chi connectivity index (χ0) is 20.3. The molecule has 0 rings (SSSR count). The van der Waals surface area contributed by atoms with Crippen LogP contribution < -0.4 is 0 Å². The Morgan fingerprint density at radius 3 is 1.46 bits per heavy atom. The van der Waals surface area contributed by atoms with Gasteiger partial charge in [0.15, 0.2) is 0 Å². The van der Waals surface area contributed by atoms with E-state index in [1.54, 1.807) is 6.07 Å². The molecular formula is C21H43N2O3+. The van der Waals surface area contributed by atoms with Crippen molar-refractivity contribution in [2.24, 2.45) is 0 Å². The molecule has 0 aliphatic heterocycles. The topological polar surface area (TPSA) is 81.3 Å². The zero-order valence-electron chi connectivity index (χ0n) is 17.7. The minimum atomic E-state index is -1.09. The summed E-state index contributed by atoms with van der Waals surface area (Å²) in [7, 11) is 0. The van der Waals surface area contributed by atoms with Gasteiger partial charge in [0.2, 0.25) is 0 Å². The fraction of sp³-hybridized carbons (Fsp3) is 0.905. The van der Waals surface area contributed by atoms with Gasteiger partial charge in [-0.3, -0.25) is 4.79 Å². The summed E-state index contributed by atoms with van der Waals surface area (Å²) in [5.41, 5.74) is 0. The van der Waals surface area contributed by atoms with Crippen LogP contribution in [-0.2, 0) is 4.79 Å². The fourth-order valence-corrected chi connectivity index (χ4v) is 3.02. The molecule has 154 valence electrons. The van der Waals surface area contributed by atoms with Gasteiger partial charge in [-0.05, 0) is 25.7 Å². The van der Waals surface area contributed by atoms with Crippen LogP contribution in [0.3, 0.4) is 0 Å². The number of quaternary nitrogens is 1. The Labute approximate surface area is 161 Å². The third-order valence-electron chi connectivity index (χ3n) is 4.68. The molecule has 0 fully saturated rings. The standard InChI is InChI=1S/C16H36N.C5H7NO3/c1-5-9-13-17(14-10-6-2,15-11-7-3)16-12-8-4;6-2-1-4(7)3-5(8)9/h5-16H2,1-4H3;4,7H,1,3H2,(H,8,9)/q+1;/t;4-/m.1/s1. The number of unbranched alkanes of at least 4 members (excludes halogenated alkanes) is 4. The normalized spacial score (nSPS) is 12.0. The molecule has 0 aromatic carbocycles. The maximum absolute atomic E-state index is 9.82. The molecule has 0 bridgehead atoms. The van der Waals surface area contributed by atoms with Gasteiger partial charge in [-0.25, -0.2) is 0 Å². The molecule has 26 heavy (non-hydrogen) atoms. The summed E-state index contributed by atoms with van der Waals surface area (Å²) in [6.45, 7) is 15.0. The number of carbonyl (C=O) groups is 1. The number of rotatable bonds is 15. The van der Waals surface area contributed by atoms with E-state index < -0.39 is 12.1 Å². The summed E-state index contributed by atoms with van der Waals surface area (Å²) in [4.78, 5) is 9.82. The average Bonchev–Trinajstić information content (AvgIpc) is 2.60. The van der Waals surface area contributed by atoms with Gasteiger partial charge in [0.25, 0.3) is 0 Å². The van der Waals surface area contributed by atoms with Gasteiger partial charge in [0, 0.05) is 0 Å². The molecule has 0 aliphatic rings. The van der Waals surface area contributed by atoms with Crippen molar-refractivity contribution in [3.05, 3.63) is 0 Å². The first-order valence-corrected chi connectivity index (χ1v) is 10.5. The van der Waals surface area contributed by atoms with Gasteiger partial charge in [0.05, 0.1) is 51.2 Å². The number of carboxylic acids is 1. The molecule has 5 nitrogen and oxygen atoms in total. The lowest BCUT2D eigenvalue weighted by atomic mass is 10.1. The third kappa shape index (κ3) is 16.4. The second-order valence-electron chi connectivity index (χ2n) is 7.26. The number of nitriles is 1. The van der Waals surface area contributed by atoms with Crippen molar-refractivity contribution in [2.45, 2.75) is 98.0 Å². The van der Waals surface area contributed by atoms with Crippen molar-refractivity contribution in [1.29, 1.82) is 5.26 Å². The highest BCUT2D eigenvalue weighted by Gasteiger charge is 2.24. The summed E-state index contributed by atoms with van der Waals surface area (Å²) in [5.74, 6) is -1.09. The SMILES string of the molecule is CCCC[N+](CCCC)(CCCC)CCCC.N#CC[C@@H](O)CC(=O)O. The van der Waals surface area contributed by atoms with Crippen molar-refractivity contribution in [2.75, 3.05) is 26.2 Å². The molecule has 5 heteroatoms. The first-order chi connectivity index (χ1) is 12.4. The first kappa shape index (κ1) is 27.1. The number of aliphatic hydroxyl groups is 1. The van der Waals surface area contributed by atoms with E-state index in [0.717, 1.165) is 0 Å². The minimum Gasteiger partial charge on any atom is -0.481 e. The maximum Gasteiger partial charge on any atom is 0.306 e. The Hall–Kier alpha value is -1.12. The Morgan fingerprint density at radius 2 is 1.23 bits per heavy atom. The van der Waals surface area contributed by atoms with Crippen LogP contribution in [0, 0.1) is 11.3 Å². The minimum absolute atomic E-state index is 0.119. The molecule has 0 aliphatic carbocycles. The second kappa shape index (κ2) is 18.7. The Balaban J connectivity index is 0. The van der Waals surface area contributed by atoms with Gasteiger partial charge in [-0.15, -0.1) is 0 Å². The lowest BCUT2D eigenvalue weighted by Crippen LogP contribution is -2.50. The highest BCUT2D eigenvalue weighted by atomic mass is 16.4. The fourth-order valence-electron chi connectivity index (χ4n) is 3.02. The molecule has 0 amide bonds. The molecule has 1 atom stereocenters. The summed E-state index contributed by atoms with van der Waals surface area (Å²) >= 11 is 0. The van der Waals surface area contributed by atoms with Crippen molar-refractivity contribution in [1.82, 2.24) is 0 Å². The summed E-state index contributed by atoms with van der Waals surface area (Å²) < 4.78 is 1.42. The summed E-state index contributed by atoms with van der Waals surface area (Å²) in [6, 6.07) is 1.66. The van der Waals surface area contributed by atoms with Crippen LogP contribution in [-0.4, -0.2) is 52.9 Å². The Morgan fingerprint density at radius 1 is 0.885 bits per heavy atom. The van der Waals surface area contributed by atoms with E-state index in [2.05, 4.69) is 27.7 Å². The zero-order valence-corrected chi connectivity index (χ0v) is 17.7. The van der Waals surface area contributed by atoms with Crippen molar-refractivity contribution in [3.63, 3.8) is 0 Å². The number of nitrogens with zero attached hydrogens (tertiary/aromatic N) is 2. The number of hydrogen-bond acceptors (Lipinski definition) is 3. The lowest BCUT2D eigenvalue weighted by Gasteiger charge is -2.39. The predicted octanol–water partition coefficient (Wildman–Crippen LogP) is 4.74. The molecule has 0 aromatic rings. The maximum atomic E-state index is 9.82. The Bertz CT molecular complexity index is 329. The van der Waals surface area contributed by atoms with Crippen LogP contribution in [0.25, 0.3) is 0 Å². The van der Waals surface area contributed by atoms with E-state index in [-0.39, 0.29) is 12.8 Å². The van der Waals surface area contributed by atoms with Gasteiger partial charge in [-0.2, -0.15) is 5.26 Å². The van der Waals surface area contributed by atoms with Crippen LogP contribution in [0.4, 0.5) is 0 Å². The van der Waals surface area contributed by atoms with Gasteiger partial charge >= 0.3 is 5.97 Å². The average molecular weight is 372 g/mol. The van der Waals surface area contributed by atoms with Crippen molar-refractivity contribution < 1.29 is 19.5 Å². The second-order valence-corrected chi connectivity index (χ2v) is 7.26. The quantitative estimate of drug-likeness (QED) is 0.407. The third-order valence-corrected chi connectivity index (χ3v) is 4.68. The van der Waals surface area contributed by atoms with Gasteiger partial charge in [-0.1, -0.05) is 53.4 Å². The van der Waals surface area contributed by atoms with E-state index in [1.807, 2.05) is 0 Å². The monoisotopic (exact) mass is 371 g/mol. The number of hydrogen-bond donors (Lipinski definition) is 2. The van der Waals surface area contributed by atoms with E-state index in [9.17, 15) is 4.79 Å². The Kier molecular flexibility index (Phi) is 19.5. The molecule has 0 aromatic heterocycles. The summed E-state index contributed by atoms with van der Waals surface area (Å²) in [5, 5.41) is 24.6. The molecule has 0 saturated heterocycles. The van der Waals surface area contributed by atoms with E-state index in [4.69, 9.17) is 15.5 Å². The summed E-state index contributed by atoms with van der Waals surface area (Å²) in [6.07, 6.45) is 9.57. The van der Waals surface area contributed by atoms with Crippen LogP contribution in [0.15, 0.2) is 0 Å². The lowest BCUT2D eigenvalue weighted by molar-refractivity contribution is -0.929. The molecule has 0 heterocycles. The van der Waals surface area contributed by atoms with E-state index in [0.29, 0.717) is 0 Å². The van der Waals surface area contributed by atoms with Crippen molar-refractivity contribution in [3.8, 4) is 6.07 Å². The van der Waals surface area contributed by atoms with E-state index >= 15 is 0 Å². The molecule has 0 saturated carbocycles. The molecular weight excluding hydrogens is 328 g/mol. The highest BCUT2D eigenvalue weighted by Crippen LogP contribution is 2.16. The number of aliphatic hydroxyl groups excluding tert-OH is 1. The largest absolute Gasteiger partial charge is 0.481 e. The highest BCUT2D eigenvalue weighted by molar-refractivity contribution is 5.67. The molecule has 0 unspecified atom stereocenters. The van der Waals surface area contributed by atoms with E-state index in [1.165, 1.54) is 82.0 Å². The number of aliphatic carboxylic acids is 1. The van der Waals surface area contributed by atoms with Crippen LogP contribution in [0.2, 0.25) is 0 Å². The smallest absolute Gasteiger partial charge is 0.306 e.